The first-order valence-corrected chi connectivity index (χ1v) is 12.4. The molecule has 0 unspecified atom stereocenters. The first kappa shape index (κ1) is 19.7. The quantitative estimate of drug-likeness (QED) is 0.481. The van der Waals surface area contributed by atoms with E-state index in [1.165, 1.54) is 26.4 Å². The zero-order valence-electron chi connectivity index (χ0n) is 15.4. The van der Waals surface area contributed by atoms with E-state index in [0.29, 0.717) is 5.75 Å². The molecule has 1 amide bonds. The SMILES string of the molecule is COc1cc(-c2cn(C)c3c2=CC(NC(C)=O)=C[I-]C=3)cc(S(C)(=O)=O)c1. The van der Waals surface area contributed by atoms with Crippen molar-refractivity contribution in [2.45, 2.75) is 11.8 Å². The number of aryl methyl sites for hydroxylation is 1. The molecule has 2 aromatic rings. The number of nitrogens with one attached hydrogen (secondary N) is 1. The summed E-state index contributed by atoms with van der Waals surface area (Å²) in [4.78, 5) is 11.7. The first-order chi connectivity index (χ1) is 12.7. The molecule has 144 valence electrons. The number of carbonyl (C=O) groups is 1. The Labute approximate surface area is 168 Å². The van der Waals surface area contributed by atoms with Gasteiger partial charge in [-0.25, -0.2) is 0 Å². The van der Waals surface area contributed by atoms with Crippen molar-refractivity contribution in [2.24, 2.45) is 7.05 Å². The molecule has 0 spiro atoms. The average Bonchev–Trinajstić information content (AvgIpc) is 2.77. The Kier molecular flexibility index (Phi) is 5.48. The third-order valence-corrected chi connectivity index (χ3v) is 7.16. The van der Waals surface area contributed by atoms with E-state index in [1.54, 1.807) is 6.07 Å². The monoisotopic (exact) mass is 499 g/mol. The van der Waals surface area contributed by atoms with Crippen molar-refractivity contribution in [3.8, 4) is 16.9 Å². The second-order valence-electron chi connectivity index (χ2n) is 6.25. The van der Waals surface area contributed by atoms with Crippen molar-refractivity contribution in [1.82, 2.24) is 9.88 Å². The summed E-state index contributed by atoms with van der Waals surface area (Å²) < 4.78 is 35.7. The van der Waals surface area contributed by atoms with Gasteiger partial charge in [0.25, 0.3) is 0 Å². The van der Waals surface area contributed by atoms with Gasteiger partial charge in [-0.15, -0.1) is 0 Å². The van der Waals surface area contributed by atoms with Gasteiger partial charge in [0, 0.05) is 0 Å². The van der Waals surface area contributed by atoms with Crippen molar-refractivity contribution in [1.29, 1.82) is 0 Å². The van der Waals surface area contributed by atoms with Crippen LogP contribution in [0.4, 0.5) is 0 Å². The van der Waals surface area contributed by atoms with Gasteiger partial charge in [-0.1, -0.05) is 0 Å². The summed E-state index contributed by atoms with van der Waals surface area (Å²) in [6.45, 7) is 1.48. The number of benzene rings is 1. The standard InChI is InChI=1S/C19H20IN2O4S/c1-12(23)21-14-7-17-18(11-22(2)19(17)10-20-9-14)13-5-15(26-3)8-16(6-13)27(4,24)25/h5-11H,1-4H3,(H,21,23)/q-1. The van der Waals surface area contributed by atoms with Crippen LogP contribution in [0, 0.1) is 0 Å². The number of carbonyl (C=O) groups excluding carboxylic acids is 1. The second kappa shape index (κ2) is 7.51. The van der Waals surface area contributed by atoms with Crippen LogP contribution in [0.1, 0.15) is 6.92 Å². The maximum atomic E-state index is 12.1. The summed E-state index contributed by atoms with van der Waals surface area (Å²) in [6.07, 6.45) is 5.09. The van der Waals surface area contributed by atoms with Crippen molar-refractivity contribution >= 4 is 25.9 Å². The molecule has 0 bridgehead atoms. The molecule has 0 aliphatic carbocycles. The molecule has 1 N–H and O–H groups in total. The Hall–Kier alpha value is -2.07. The molecule has 1 aliphatic heterocycles. The molecule has 1 aromatic carbocycles. The molecule has 8 heteroatoms. The Morgan fingerprint density at radius 3 is 2.59 bits per heavy atom. The number of sulfone groups is 1. The van der Waals surface area contributed by atoms with Gasteiger partial charge in [0.05, 0.1) is 0 Å². The third kappa shape index (κ3) is 4.27. The Morgan fingerprint density at radius 1 is 1.22 bits per heavy atom. The van der Waals surface area contributed by atoms with E-state index in [2.05, 4.69) is 13.5 Å². The number of hydrogen-bond acceptors (Lipinski definition) is 4. The van der Waals surface area contributed by atoms with E-state index in [9.17, 15) is 13.2 Å². The number of nitrogens with zero attached hydrogens (tertiary/aromatic N) is 1. The molecule has 0 atom stereocenters. The maximum absolute atomic E-state index is 12.1. The fourth-order valence-electron chi connectivity index (χ4n) is 2.85. The van der Waals surface area contributed by atoms with E-state index in [-0.39, 0.29) is 32.0 Å². The van der Waals surface area contributed by atoms with E-state index >= 15 is 0 Å². The van der Waals surface area contributed by atoms with Gasteiger partial charge >= 0.3 is 169 Å². The van der Waals surface area contributed by atoms with Gasteiger partial charge in [0.15, 0.2) is 0 Å². The molecule has 0 saturated heterocycles. The summed E-state index contributed by atoms with van der Waals surface area (Å²) >= 11 is -0.357. The van der Waals surface area contributed by atoms with E-state index in [4.69, 9.17) is 4.74 Å². The van der Waals surface area contributed by atoms with Crippen LogP contribution in [0.25, 0.3) is 21.3 Å². The summed E-state index contributed by atoms with van der Waals surface area (Å²) in [5.41, 5.74) is 2.40. The molecule has 6 nitrogen and oxygen atoms in total. The van der Waals surface area contributed by atoms with Crippen LogP contribution in [-0.4, -0.2) is 32.3 Å². The number of halogens is 1. The zero-order valence-corrected chi connectivity index (χ0v) is 18.4. The van der Waals surface area contributed by atoms with Crippen LogP contribution >= 0.6 is 0 Å². The predicted octanol–water partition coefficient (Wildman–Crippen LogP) is -2.30. The van der Waals surface area contributed by atoms with Crippen LogP contribution in [0.3, 0.4) is 0 Å². The molecular weight excluding hydrogens is 479 g/mol. The number of amides is 1. The number of methoxy groups -OCH3 is 1. The van der Waals surface area contributed by atoms with Crippen LogP contribution in [0.5, 0.6) is 5.75 Å². The molecule has 1 aliphatic rings. The molecule has 27 heavy (non-hydrogen) atoms. The van der Waals surface area contributed by atoms with Crippen molar-refractivity contribution in [2.75, 3.05) is 13.4 Å². The van der Waals surface area contributed by atoms with Crippen LogP contribution in [0.2, 0.25) is 0 Å². The van der Waals surface area contributed by atoms with Crippen molar-refractivity contribution in [3.05, 3.63) is 44.7 Å². The van der Waals surface area contributed by atoms with Gasteiger partial charge in [0.1, 0.15) is 0 Å². The number of rotatable bonds is 4. The molecule has 1 aromatic heterocycles. The Balaban J connectivity index is 2.28. The van der Waals surface area contributed by atoms with Crippen LogP contribution in [-0.2, 0) is 21.7 Å². The number of allylic oxidation sites excluding steroid dienone is 1. The van der Waals surface area contributed by atoms with Crippen LogP contribution in [0.15, 0.2) is 39.1 Å². The van der Waals surface area contributed by atoms with Crippen molar-refractivity contribution in [3.63, 3.8) is 0 Å². The molecule has 0 fully saturated rings. The topological polar surface area (TPSA) is 77.4 Å². The van der Waals surface area contributed by atoms with Gasteiger partial charge in [0.2, 0.25) is 0 Å². The second-order valence-corrected chi connectivity index (χ2v) is 10.2. The summed E-state index contributed by atoms with van der Waals surface area (Å²) in [6, 6.07) is 4.99. The fourth-order valence-corrected chi connectivity index (χ4v) is 5.54. The van der Waals surface area contributed by atoms with Crippen LogP contribution < -0.4 is 41.8 Å². The van der Waals surface area contributed by atoms with E-state index in [0.717, 1.165) is 27.4 Å². The number of fused-ring (bicyclic) bond motifs is 1. The normalized spacial score (nSPS) is 13.9. The Morgan fingerprint density at radius 2 is 1.96 bits per heavy atom. The zero-order chi connectivity index (χ0) is 19.8. The van der Waals surface area contributed by atoms with Gasteiger partial charge in [-0.05, 0) is 0 Å². The van der Waals surface area contributed by atoms with E-state index in [1.807, 2.05) is 30.0 Å². The average molecular weight is 499 g/mol. The number of aromatic nitrogens is 1. The summed E-state index contributed by atoms with van der Waals surface area (Å²) in [5.74, 6) is 0.358. The molecular formula is C19H20IN2O4S-. The first-order valence-electron chi connectivity index (χ1n) is 8.05. The van der Waals surface area contributed by atoms with Crippen molar-refractivity contribution < 1.29 is 39.2 Å². The summed E-state index contributed by atoms with van der Waals surface area (Å²) in [7, 11) is 0.0863. The molecule has 3 rings (SSSR count). The number of hydrogen-bond donors (Lipinski definition) is 1. The van der Waals surface area contributed by atoms with Gasteiger partial charge in [-0.2, -0.15) is 0 Å². The Bertz CT molecular complexity index is 1180. The minimum absolute atomic E-state index is 0.122. The van der Waals surface area contributed by atoms with E-state index < -0.39 is 9.84 Å². The molecule has 0 saturated carbocycles. The molecule has 0 radical (unpaired) electrons. The fraction of sp³-hybridized carbons (Fsp3) is 0.211. The molecule has 2 heterocycles. The predicted molar refractivity (Wildman–Crippen MR) is 101 cm³/mol. The summed E-state index contributed by atoms with van der Waals surface area (Å²) in [5, 5.41) is 4.85. The number of ether oxygens (including phenoxy) is 1. The minimum atomic E-state index is -3.38. The van der Waals surface area contributed by atoms with Gasteiger partial charge in [-0.3, -0.25) is 0 Å². The third-order valence-electron chi connectivity index (χ3n) is 4.09. The van der Waals surface area contributed by atoms with Gasteiger partial charge < -0.3 is 0 Å².